The molecule has 1 aliphatic heterocycles. The Kier molecular flexibility index (Phi) is 10.4. The molecular weight excluding hydrogens is 590 g/mol. The molecule has 0 saturated carbocycles. The van der Waals surface area contributed by atoms with Crippen molar-refractivity contribution in [2.75, 3.05) is 11.9 Å². The number of aromatic nitrogens is 1. The van der Waals surface area contributed by atoms with Crippen molar-refractivity contribution >= 4 is 39.2 Å². The van der Waals surface area contributed by atoms with Gasteiger partial charge in [0.15, 0.2) is 0 Å². The van der Waals surface area contributed by atoms with E-state index < -0.39 is 27.7 Å². The molecule has 2 atom stereocenters. The first-order valence-corrected chi connectivity index (χ1v) is 16.4. The number of carbonyl (C=O) groups excluding carboxylic acids is 2. The zero-order valence-corrected chi connectivity index (χ0v) is 26.6. The molecule has 232 valence electrons. The van der Waals surface area contributed by atoms with Crippen LogP contribution in [0.2, 0.25) is 0 Å². The van der Waals surface area contributed by atoms with Crippen molar-refractivity contribution in [1.29, 1.82) is 0 Å². The van der Waals surface area contributed by atoms with Crippen LogP contribution in [0.4, 0.5) is 15.3 Å². The van der Waals surface area contributed by atoms with Gasteiger partial charge in [-0.1, -0.05) is 36.4 Å². The Labute approximate surface area is 256 Å². The lowest BCUT2D eigenvalue weighted by Gasteiger charge is -2.28. The van der Waals surface area contributed by atoms with Crippen molar-refractivity contribution in [3.8, 4) is 10.4 Å². The number of rotatable bonds is 9. The number of thiazole rings is 1. The summed E-state index contributed by atoms with van der Waals surface area (Å²) in [5, 5.41) is 9.06. The zero-order valence-electron chi connectivity index (χ0n) is 25.0. The Balaban J connectivity index is 1.50. The number of hydrogen-bond acceptors (Lipinski definition) is 8. The minimum atomic E-state index is -3.98. The van der Waals surface area contributed by atoms with Gasteiger partial charge in [0, 0.05) is 29.5 Å². The predicted octanol–water partition coefficient (Wildman–Crippen LogP) is 5.56. The number of alkyl carbamates (subject to hydrolysis) is 1. The van der Waals surface area contributed by atoms with Gasteiger partial charge in [0.25, 0.3) is 0 Å². The van der Waals surface area contributed by atoms with E-state index in [1.165, 1.54) is 17.4 Å². The smallest absolute Gasteiger partial charge is 0.407 e. The maximum atomic E-state index is 13.6. The van der Waals surface area contributed by atoms with Crippen molar-refractivity contribution in [3.63, 3.8) is 0 Å². The number of nitrogens with zero attached hydrogens (tertiary/aromatic N) is 1. The molecule has 0 radical (unpaired) electrons. The average molecular weight is 630 g/mol. The molecule has 1 aliphatic rings. The van der Waals surface area contributed by atoms with Gasteiger partial charge in [0.2, 0.25) is 10.0 Å². The highest BCUT2D eigenvalue weighted by atomic mass is 32.2. The highest BCUT2D eigenvalue weighted by Gasteiger charge is 2.29. The van der Waals surface area contributed by atoms with Gasteiger partial charge in [0.1, 0.15) is 11.1 Å². The van der Waals surface area contributed by atoms with E-state index in [0.717, 1.165) is 5.56 Å². The number of amides is 3. The third-order valence-corrected chi connectivity index (χ3v) is 9.19. The van der Waals surface area contributed by atoms with Gasteiger partial charge in [-0.2, -0.15) is 0 Å². The van der Waals surface area contributed by atoms with Gasteiger partial charge in [0.05, 0.1) is 28.5 Å². The summed E-state index contributed by atoms with van der Waals surface area (Å²) in [7, 11) is -3.98. The second kappa shape index (κ2) is 13.8. The molecule has 1 aromatic heterocycles. The zero-order chi connectivity index (χ0) is 31.2. The number of benzene rings is 2. The molecule has 0 aliphatic carbocycles. The summed E-state index contributed by atoms with van der Waals surface area (Å²) >= 11 is 1.35. The summed E-state index contributed by atoms with van der Waals surface area (Å²) < 4.78 is 41.0. The van der Waals surface area contributed by atoms with E-state index in [1.807, 2.05) is 30.3 Å². The predicted molar refractivity (Wildman–Crippen MR) is 166 cm³/mol. The maximum Gasteiger partial charge on any atom is 0.407 e. The highest BCUT2D eigenvalue weighted by molar-refractivity contribution is 7.89. The van der Waals surface area contributed by atoms with Gasteiger partial charge in [-0.05, 0) is 65.2 Å². The fraction of sp³-hybridized carbons (Fsp3) is 0.433. The molecule has 3 amide bonds. The minimum absolute atomic E-state index is 0.0241. The van der Waals surface area contributed by atoms with Crippen LogP contribution < -0.4 is 20.7 Å². The summed E-state index contributed by atoms with van der Waals surface area (Å²) in [5.74, 6) is 0. The molecule has 1 saturated heterocycles. The first kappa shape index (κ1) is 32.4. The van der Waals surface area contributed by atoms with Crippen molar-refractivity contribution in [2.45, 2.75) is 82.7 Å². The first-order valence-electron chi connectivity index (χ1n) is 14.1. The SMILES string of the molecule is CC(C)OC(=O)N[C@@H]1CC[C@@H](c2ncc(-c3ccc(NC(=O)NCc4ccccc4)cc3S(=O)(=O)NC(C)(C)C)s2)OC1. The van der Waals surface area contributed by atoms with E-state index in [-0.39, 0.29) is 23.1 Å². The number of urea groups is 1. The standard InChI is InChI=1S/C30H39N5O6S2/c1-19(2)41-29(37)34-22-12-14-24(40-18-22)27-31-17-25(42-27)23-13-11-21(15-26(23)43(38,39)35-30(3,4)5)33-28(36)32-16-20-9-7-6-8-10-20/h6-11,13,15,17,19,22,24,35H,12,14,16,18H2,1-5H3,(H,34,37)(H2,32,33,36)/t22-,24+/m1/s1. The molecule has 1 fully saturated rings. The summed E-state index contributed by atoms with van der Waals surface area (Å²) in [5.41, 5.74) is 1.00. The second-order valence-electron chi connectivity index (χ2n) is 11.6. The monoisotopic (exact) mass is 629 g/mol. The normalized spacial score (nSPS) is 17.3. The van der Waals surface area contributed by atoms with Crippen LogP contribution in [0.15, 0.2) is 59.6 Å². The maximum absolute atomic E-state index is 13.6. The number of ether oxygens (including phenoxy) is 2. The number of sulfonamides is 1. The van der Waals surface area contributed by atoms with Crippen LogP contribution in [-0.4, -0.2) is 49.8 Å². The van der Waals surface area contributed by atoms with Crippen LogP contribution in [0.3, 0.4) is 0 Å². The molecular formula is C30H39N5O6S2. The second-order valence-corrected chi connectivity index (χ2v) is 14.3. The highest BCUT2D eigenvalue weighted by Crippen LogP contribution is 2.38. The molecule has 2 heterocycles. The van der Waals surface area contributed by atoms with E-state index in [9.17, 15) is 18.0 Å². The van der Waals surface area contributed by atoms with Crippen LogP contribution in [0.25, 0.3) is 10.4 Å². The molecule has 13 heteroatoms. The molecule has 3 aromatic rings. The summed E-state index contributed by atoms with van der Waals surface area (Å²) in [6, 6.07) is 13.6. The quantitative estimate of drug-likeness (QED) is 0.242. The fourth-order valence-electron chi connectivity index (χ4n) is 4.47. The fourth-order valence-corrected chi connectivity index (χ4v) is 7.25. The minimum Gasteiger partial charge on any atom is -0.447 e. The summed E-state index contributed by atoms with van der Waals surface area (Å²) in [6.45, 7) is 9.51. The van der Waals surface area contributed by atoms with Crippen LogP contribution in [0.5, 0.6) is 0 Å². The van der Waals surface area contributed by atoms with Gasteiger partial charge >= 0.3 is 12.1 Å². The van der Waals surface area contributed by atoms with Crippen molar-refractivity contribution in [3.05, 3.63) is 65.3 Å². The van der Waals surface area contributed by atoms with Gasteiger partial charge in [-0.3, -0.25) is 0 Å². The third kappa shape index (κ3) is 9.48. The van der Waals surface area contributed by atoms with E-state index >= 15 is 0 Å². The molecule has 4 rings (SSSR count). The molecule has 0 bridgehead atoms. The van der Waals surface area contributed by atoms with Crippen molar-refractivity contribution < 1.29 is 27.5 Å². The Hall–Kier alpha value is -3.52. The van der Waals surface area contributed by atoms with Crippen LogP contribution in [0.1, 0.15) is 64.1 Å². The van der Waals surface area contributed by atoms with Crippen molar-refractivity contribution in [2.24, 2.45) is 0 Å². The number of hydrogen-bond donors (Lipinski definition) is 4. The topological polar surface area (TPSA) is 148 Å². The lowest BCUT2D eigenvalue weighted by molar-refractivity contribution is -0.00533. The average Bonchev–Trinajstić information content (AvgIpc) is 3.41. The molecule has 11 nitrogen and oxygen atoms in total. The van der Waals surface area contributed by atoms with Crippen LogP contribution in [0, 0.1) is 0 Å². The molecule has 0 spiro atoms. The largest absolute Gasteiger partial charge is 0.447 e. The van der Waals surface area contributed by atoms with E-state index in [4.69, 9.17) is 9.47 Å². The molecule has 43 heavy (non-hydrogen) atoms. The van der Waals surface area contributed by atoms with Gasteiger partial charge < -0.3 is 25.4 Å². The lowest BCUT2D eigenvalue weighted by Crippen LogP contribution is -2.42. The molecule has 4 N–H and O–H groups in total. The Morgan fingerprint density at radius 2 is 1.86 bits per heavy atom. The Morgan fingerprint density at radius 3 is 2.51 bits per heavy atom. The number of carbonyl (C=O) groups is 2. The third-order valence-electron chi connectivity index (χ3n) is 6.27. The number of nitrogens with one attached hydrogen (secondary N) is 4. The van der Waals surface area contributed by atoms with Gasteiger partial charge in [-0.15, -0.1) is 11.3 Å². The summed E-state index contributed by atoms with van der Waals surface area (Å²) in [6.07, 6.45) is 2.01. The van der Waals surface area contributed by atoms with Crippen LogP contribution in [-0.2, 0) is 26.0 Å². The van der Waals surface area contributed by atoms with E-state index in [2.05, 4.69) is 25.7 Å². The lowest BCUT2D eigenvalue weighted by atomic mass is 10.1. The molecule has 2 aromatic carbocycles. The Morgan fingerprint density at radius 1 is 1.12 bits per heavy atom. The molecule has 0 unspecified atom stereocenters. The van der Waals surface area contributed by atoms with E-state index in [0.29, 0.717) is 47.1 Å². The summed E-state index contributed by atoms with van der Waals surface area (Å²) in [4.78, 5) is 29.7. The first-order chi connectivity index (χ1) is 20.3. The van der Waals surface area contributed by atoms with E-state index in [1.54, 1.807) is 52.9 Å². The Bertz CT molecular complexity index is 1510. The van der Waals surface area contributed by atoms with Gasteiger partial charge in [-0.25, -0.2) is 27.7 Å². The van der Waals surface area contributed by atoms with Crippen LogP contribution >= 0.6 is 11.3 Å². The number of anilines is 1. The van der Waals surface area contributed by atoms with Crippen molar-refractivity contribution in [1.82, 2.24) is 20.3 Å².